The molecule has 2 aliphatic carbocycles. The maximum absolute atomic E-state index is 2.47. The standard InChI is InChI=1S/C50H42N2S2/c1-31-15-22-44(34(4)26-31)52(36-13-9-6-10-14-36)38-17-19-43-48(30-38)54-46-24-21-40-41(50(43)46)20-23-45-49(40)42-18-16-37(29-47(42)53-45)51(35-11-7-5-8-12-35)39-27-32(2)25-33(3)28-39/h5-24,26-30,32,46,50H,25H2,1-4H3. The molecule has 1 aliphatic heterocycles. The number of para-hydroxylation sites is 2. The van der Waals surface area contributed by atoms with Crippen LogP contribution in [0.2, 0.25) is 0 Å². The molecule has 3 atom stereocenters. The van der Waals surface area contributed by atoms with E-state index in [2.05, 4.69) is 189 Å². The van der Waals surface area contributed by atoms with E-state index in [1.165, 1.54) is 92.6 Å². The number of rotatable bonds is 6. The SMILES string of the molecule is CC1=CC(N(c2ccccc2)c2ccc3c(c2)sc2ccc4c(c23)C=CC2Sc3cc(N(c5ccccc5)c5ccc(C)cc5C)ccc3C42)=CC(C)C1. The topological polar surface area (TPSA) is 6.48 Å². The summed E-state index contributed by atoms with van der Waals surface area (Å²) in [5, 5.41) is 3.11. The zero-order valence-corrected chi connectivity index (χ0v) is 32.7. The first-order valence-electron chi connectivity index (χ1n) is 19.0. The van der Waals surface area contributed by atoms with Gasteiger partial charge < -0.3 is 9.80 Å². The van der Waals surface area contributed by atoms with Crippen molar-refractivity contribution in [3.63, 3.8) is 0 Å². The van der Waals surface area contributed by atoms with E-state index in [1.807, 2.05) is 23.1 Å². The van der Waals surface area contributed by atoms with Gasteiger partial charge in [-0.3, -0.25) is 0 Å². The van der Waals surface area contributed by atoms with Crippen LogP contribution in [-0.4, -0.2) is 5.25 Å². The molecule has 2 heterocycles. The van der Waals surface area contributed by atoms with Crippen LogP contribution in [0, 0.1) is 19.8 Å². The summed E-state index contributed by atoms with van der Waals surface area (Å²) in [5.74, 6) is 0.838. The van der Waals surface area contributed by atoms with Crippen molar-refractivity contribution in [3.8, 4) is 0 Å². The molecule has 3 aliphatic rings. The Morgan fingerprint density at radius 3 is 2.13 bits per heavy atom. The van der Waals surface area contributed by atoms with Crippen molar-refractivity contribution >= 4 is 77.8 Å². The lowest BCUT2D eigenvalue weighted by atomic mass is 9.81. The van der Waals surface area contributed by atoms with Crippen LogP contribution in [0.4, 0.5) is 28.4 Å². The Bertz CT molecular complexity index is 2680. The van der Waals surface area contributed by atoms with E-state index in [0.717, 1.165) is 6.42 Å². The van der Waals surface area contributed by atoms with Crippen LogP contribution in [0.1, 0.15) is 54.0 Å². The minimum absolute atomic E-state index is 0.327. The maximum atomic E-state index is 2.47. The summed E-state index contributed by atoms with van der Waals surface area (Å²) in [6.45, 7) is 8.97. The van der Waals surface area contributed by atoms with Crippen molar-refractivity contribution in [1.82, 2.24) is 0 Å². The van der Waals surface area contributed by atoms with Crippen molar-refractivity contribution in [3.05, 3.63) is 185 Å². The smallest absolute Gasteiger partial charge is 0.0490 e. The Morgan fingerprint density at radius 1 is 0.648 bits per heavy atom. The molecule has 2 nitrogen and oxygen atoms in total. The van der Waals surface area contributed by atoms with Crippen molar-refractivity contribution in [2.24, 2.45) is 5.92 Å². The van der Waals surface area contributed by atoms with E-state index in [1.54, 1.807) is 0 Å². The molecule has 6 aromatic carbocycles. The van der Waals surface area contributed by atoms with Crippen molar-refractivity contribution in [1.29, 1.82) is 0 Å². The third-order valence-corrected chi connectivity index (χ3v) is 13.7. The average Bonchev–Trinajstić information content (AvgIpc) is 3.74. The van der Waals surface area contributed by atoms with Gasteiger partial charge in [0, 0.05) is 70.4 Å². The second-order valence-electron chi connectivity index (χ2n) is 15.3. The van der Waals surface area contributed by atoms with E-state index in [-0.39, 0.29) is 0 Å². The second kappa shape index (κ2) is 13.2. The Balaban J connectivity index is 1.05. The number of aryl methyl sites for hydroxylation is 2. The molecule has 7 aromatic rings. The molecule has 0 N–H and O–H groups in total. The van der Waals surface area contributed by atoms with Gasteiger partial charge >= 0.3 is 0 Å². The fourth-order valence-corrected chi connectivity index (χ4v) is 11.6. The lowest BCUT2D eigenvalue weighted by Crippen LogP contribution is -2.18. The summed E-state index contributed by atoms with van der Waals surface area (Å²) in [5.41, 5.74) is 15.5. The first-order valence-corrected chi connectivity index (χ1v) is 20.7. The van der Waals surface area contributed by atoms with Gasteiger partial charge in [-0.15, -0.1) is 23.1 Å². The highest BCUT2D eigenvalue weighted by Gasteiger charge is 2.37. The zero-order valence-electron chi connectivity index (χ0n) is 31.1. The van der Waals surface area contributed by atoms with Gasteiger partial charge in [0.05, 0.1) is 0 Å². The van der Waals surface area contributed by atoms with Crippen LogP contribution >= 0.6 is 23.1 Å². The third kappa shape index (κ3) is 5.63. The van der Waals surface area contributed by atoms with Gasteiger partial charge in [0.15, 0.2) is 0 Å². The monoisotopic (exact) mass is 734 g/mol. The Kier molecular flexibility index (Phi) is 8.16. The molecule has 264 valence electrons. The highest BCUT2D eigenvalue weighted by atomic mass is 32.2. The highest BCUT2D eigenvalue weighted by molar-refractivity contribution is 8.00. The van der Waals surface area contributed by atoms with E-state index in [9.17, 15) is 0 Å². The van der Waals surface area contributed by atoms with Crippen LogP contribution in [0.15, 0.2) is 162 Å². The number of anilines is 5. The zero-order chi connectivity index (χ0) is 36.5. The average molecular weight is 735 g/mol. The van der Waals surface area contributed by atoms with Crippen LogP contribution in [0.25, 0.3) is 26.2 Å². The molecule has 1 aromatic heterocycles. The lowest BCUT2D eigenvalue weighted by molar-refractivity contribution is 0.697. The maximum Gasteiger partial charge on any atom is 0.0490 e. The van der Waals surface area contributed by atoms with E-state index in [4.69, 9.17) is 0 Å². The van der Waals surface area contributed by atoms with E-state index < -0.39 is 0 Å². The molecule has 0 fully saturated rings. The van der Waals surface area contributed by atoms with Crippen molar-refractivity contribution in [2.75, 3.05) is 9.80 Å². The number of thiophene rings is 1. The Labute approximate surface area is 326 Å². The molecule has 0 amide bonds. The fourth-order valence-electron chi connectivity index (χ4n) is 9.03. The lowest BCUT2D eigenvalue weighted by Gasteiger charge is -2.30. The number of allylic oxidation sites excluding steroid dienone is 3. The molecule has 3 unspecified atom stereocenters. The highest BCUT2D eigenvalue weighted by Crippen LogP contribution is 2.55. The molecule has 4 heteroatoms. The van der Waals surface area contributed by atoms with E-state index >= 15 is 0 Å². The summed E-state index contributed by atoms with van der Waals surface area (Å²) in [6.07, 6.45) is 10.8. The molecular weight excluding hydrogens is 693 g/mol. The molecule has 0 radical (unpaired) electrons. The summed E-state index contributed by atoms with van der Waals surface area (Å²) >= 11 is 3.93. The summed E-state index contributed by atoms with van der Waals surface area (Å²) in [6, 6.07) is 47.5. The Morgan fingerprint density at radius 2 is 1.37 bits per heavy atom. The van der Waals surface area contributed by atoms with Gasteiger partial charge in [-0.2, -0.15) is 0 Å². The van der Waals surface area contributed by atoms with Gasteiger partial charge in [0.1, 0.15) is 0 Å². The summed E-state index contributed by atoms with van der Waals surface area (Å²) in [4.78, 5) is 6.23. The number of nitrogens with zero attached hydrogens (tertiary/aromatic N) is 2. The van der Waals surface area contributed by atoms with E-state index in [0.29, 0.717) is 17.1 Å². The number of hydrogen-bond donors (Lipinski definition) is 0. The first kappa shape index (κ1) is 33.3. The molecule has 10 rings (SSSR count). The summed E-state index contributed by atoms with van der Waals surface area (Å²) < 4.78 is 2.68. The number of benzene rings is 6. The number of thioether (sulfide) groups is 1. The van der Waals surface area contributed by atoms with Crippen LogP contribution in [0.3, 0.4) is 0 Å². The summed E-state index contributed by atoms with van der Waals surface area (Å²) in [7, 11) is 0. The molecule has 0 bridgehead atoms. The van der Waals surface area contributed by atoms with Crippen molar-refractivity contribution in [2.45, 2.75) is 50.2 Å². The number of hydrogen-bond acceptors (Lipinski definition) is 4. The predicted octanol–water partition coefficient (Wildman–Crippen LogP) is 14.8. The fraction of sp³-hybridized carbons (Fsp3) is 0.160. The minimum Gasteiger partial charge on any atom is -0.311 e. The van der Waals surface area contributed by atoms with Gasteiger partial charge in [0.25, 0.3) is 0 Å². The first-order chi connectivity index (χ1) is 26.4. The number of fused-ring (bicyclic) bond motifs is 9. The largest absolute Gasteiger partial charge is 0.311 e. The third-order valence-electron chi connectivity index (χ3n) is 11.3. The van der Waals surface area contributed by atoms with Crippen LogP contribution in [0.5, 0.6) is 0 Å². The van der Waals surface area contributed by atoms with Gasteiger partial charge in [-0.1, -0.05) is 103 Å². The minimum atomic E-state index is 0.327. The van der Waals surface area contributed by atoms with Crippen LogP contribution < -0.4 is 9.80 Å². The molecule has 54 heavy (non-hydrogen) atoms. The van der Waals surface area contributed by atoms with Gasteiger partial charge in [-0.05, 0) is 122 Å². The quantitative estimate of drug-likeness (QED) is 0.168. The molecule has 0 spiro atoms. The normalized spacial score (nSPS) is 18.6. The van der Waals surface area contributed by atoms with Gasteiger partial charge in [0.2, 0.25) is 0 Å². The molecule has 0 saturated heterocycles. The van der Waals surface area contributed by atoms with Crippen molar-refractivity contribution < 1.29 is 0 Å². The Hall–Kier alpha value is -5.29. The predicted molar refractivity (Wildman–Crippen MR) is 235 cm³/mol. The molecular formula is C50H42N2S2. The van der Waals surface area contributed by atoms with Gasteiger partial charge in [-0.25, -0.2) is 0 Å². The van der Waals surface area contributed by atoms with Crippen LogP contribution in [-0.2, 0) is 0 Å². The second-order valence-corrected chi connectivity index (χ2v) is 17.6. The molecule has 0 saturated carbocycles.